The van der Waals surface area contributed by atoms with Gasteiger partial charge in [0.15, 0.2) is 0 Å². The highest BCUT2D eigenvalue weighted by Gasteiger charge is 2.27. The predicted octanol–water partition coefficient (Wildman–Crippen LogP) is 1.73. The molecule has 0 radical (unpaired) electrons. The van der Waals surface area contributed by atoms with E-state index < -0.39 is 24.6 Å². The van der Waals surface area contributed by atoms with Crippen molar-refractivity contribution in [3.8, 4) is 0 Å². The number of nitrogens with zero attached hydrogens (tertiary/aromatic N) is 3. The number of hydrogen-bond donors (Lipinski definition) is 0. The van der Waals surface area contributed by atoms with E-state index in [0.29, 0.717) is 10.2 Å². The SMILES string of the molecule is C=C(Cn1nnc2ccccc2c1=O)[B-](F)(F)F. The molecule has 2 aromatic rings. The van der Waals surface area contributed by atoms with E-state index in [4.69, 9.17) is 0 Å². The molecule has 4 nitrogen and oxygen atoms in total. The number of hydrogen-bond acceptors (Lipinski definition) is 3. The van der Waals surface area contributed by atoms with E-state index in [1.807, 2.05) is 0 Å². The first-order chi connectivity index (χ1) is 8.39. The van der Waals surface area contributed by atoms with Crippen molar-refractivity contribution in [2.45, 2.75) is 6.54 Å². The van der Waals surface area contributed by atoms with E-state index in [-0.39, 0.29) is 5.39 Å². The Balaban J connectivity index is 2.45. The highest BCUT2D eigenvalue weighted by Crippen LogP contribution is 2.18. The second-order valence-electron chi connectivity index (χ2n) is 3.80. The Morgan fingerprint density at radius 3 is 2.67 bits per heavy atom. The Kier molecular flexibility index (Phi) is 2.94. The van der Waals surface area contributed by atoms with Gasteiger partial charge in [0.1, 0.15) is 5.52 Å². The third-order valence-electron chi connectivity index (χ3n) is 2.45. The molecule has 1 heterocycles. The van der Waals surface area contributed by atoms with E-state index in [0.717, 1.165) is 0 Å². The Hall–Kier alpha value is -2.12. The zero-order valence-electron chi connectivity index (χ0n) is 9.18. The summed E-state index contributed by atoms with van der Waals surface area (Å²) in [4.78, 5) is 11.8. The van der Waals surface area contributed by atoms with Crippen LogP contribution < -0.4 is 5.56 Å². The summed E-state index contributed by atoms with van der Waals surface area (Å²) in [5.41, 5.74) is -1.25. The van der Waals surface area contributed by atoms with Crippen molar-refractivity contribution >= 4 is 17.9 Å². The van der Waals surface area contributed by atoms with Crippen molar-refractivity contribution in [1.29, 1.82) is 0 Å². The molecule has 94 valence electrons. The zero-order chi connectivity index (χ0) is 13.3. The van der Waals surface area contributed by atoms with Crippen LogP contribution in [-0.2, 0) is 6.54 Å². The lowest BCUT2D eigenvalue weighted by atomic mass is 9.80. The van der Waals surface area contributed by atoms with E-state index in [9.17, 15) is 17.7 Å². The van der Waals surface area contributed by atoms with Crippen molar-refractivity contribution in [2.24, 2.45) is 0 Å². The van der Waals surface area contributed by atoms with Crippen LogP contribution >= 0.6 is 0 Å². The summed E-state index contributed by atoms with van der Waals surface area (Å²) in [5.74, 6) is 0. The summed E-state index contributed by atoms with van der Waals surface area (Å²) in [6.07, 6.45) is 0. The molecule has 0 aliphatic carbocycles. The van der Waals surface area contributed by atoms with Crippen LogP contribution in [0.3, 0.4) is 0 Å². The fourth-order valence-electron chi connectivity index (χ4n) is 1.42. The third-order valence-corrected chi connectivity index (χ3v) is 2.45. The minimum atomic E-state index is -5.18. The minimum absolute atomic E-state index is 0.231. The number of benzene rings is 1. The normalized spacial score (nSPS) is 11.7. The van der Waals surface area contributed by atoms with Crippen LogP contribution in [0.25, 0.3) is 10.9 Å². The van der Waals surface area contributed by atoms with Gasteiger partial charge in [-0.1, -0.05) is 17.3 Å². The third kappa shape index (κ3) is 2.27. The number of allylic oxidation sites excluding steroid dienone is 1. The van der Waals surface area contributed by atoms with Gasteiger partial charge in [-0.05, 0) is 12.1 Å². The van der Waals surface area contributed by atoms with Crippen LogP contribution in [0.4, 0.5) is 12.9 Å². The average Bonchev–Trinajstić information content (AvgIpc) is 2.32. The number of aromatic nitrogens is 3. The Morgan fingerprint density at radius 1 is 1.33 bits per heavy atom. The summed E-state index contributed by atoms with van der Waals surface area (Å²) in [5, 5.41) is 7.38. The molecule has 0 amide bonds. The molecule has 2 rings (SSSR count). The van der Waals surface area contributed by atoms with Crippen molar-refractivity contribution in [2.75, 3.05) is 0 Å². The lowest BCUT2D eigenvalue weighted by Gasteiger charge is -2.17. The molecule has 0 atom stereocenters. The highest BCUT2D eigenvalue weighted by atomic mass is 19.4. The molecule has 1 aromatic heterocycles. The molecule has 0 spiro atoms. The van der Waals surface area contributed by atoms with Crippen LogP contribution in [0.15, 0.2) is 41.1 Å². The zero-order valence-corrected chi connectivity index (χ0v) is 9.18. The molecule has 0 aliphatic rings. The van der Waals surface area contributed by atoms with Crippen LogP contribution in [0.1, 0.15) is 0 Å². The molecule has 0 bridgehead atoms. The maximum atomic E-state index is 12.4. The van der Waals surface area contributed by atoms with Crippen molar-refractivity contribution in [3.63, 3.8) is 0 Å². The van der Waals surface area contributed by atoms with Crippen LogP contribution in [0.2, 0.25) is 0 Å². The second-order valence-corrected chi connectivity index (χ2v) is 3.80. The molecule has 0 saturated heterocycles. The van der Waals surface area contributed by atoms with Gasteiger partial charge in [0.05, 0.1) is 5.39 Å². The van der Waals surface area contributed by atoms with Gasteiger partial charge in [-0.25, -0.2) is 4.68 Å². The Bertz CT molecular complexity index is 665. The van der Waals surface area contributed by atoms with E-state index in [2.05, 4.69) is 16.9 Å². The summed E-state index contributed by atoms with van der Waals surface area (Å²) < 4.78 is 37.8. The first kappa shape index (κ1) is 12.3. The lowest BCUT2D eigenvalue weighted by molar-refractivity contribution is 0.474. The van der Waals surface area contributed by atoms with E-state index in [1.165, 1.54) is 6.07 Å². The van der Waals surface area contributed by atoms with Crippen LogP contribution in [0, 0.1) is 0 Å². The van der Waals surface area contributed by atoms with Crippen LogP contribution in [-0.4, -0.2) is 22.0 Å². The fourth-order valence-corrected chi connectivity index (χ4v) is 1.42. The monoisotopic (exact) mass is 254 g/mol. The van der Waals surface area contributed by atoms with Gasteiger partial charge in [0, 0.05) is 6.54 Å². The van der Waals surface area contributed by atoms with Gasteiger partial charge in [-0.2, -0.15) is 0 Å². The highest BCUT2D eigenvalue weighted by molar-refractivity contribution is 6.66. The molecule has 0 N–H and O–H groups in total. The van der Waals surface area contributed by atoms with Gasteiger partial charge in [0.25, 0.3) is 5.56 Å². The fraction of sp³-hybridized carbons (Fsp3) is 0.100. The molecule has 0 aliphatic heterocycles. The van der Waals surface area contributed by atoms with Crippen molar-refractivity contribution in [3.05, 3.63) is 46.7 Å². The minimum Gasteiger partial charge on any atom is -0.445 e. The smallest absolute Gasteiger partial charge is 0.445 e. The number of halogens is 3. The predicted molar refractivity (Wildman–Crippen MR) is 62.0 cm³/mol. The van der Waals surface area contributed by atoms with Gasteiger partial charge >= 0.3 is 6.98 Å². The Labute approximate surface area is 99.8 Å². The van der Waals surface area contributed by atoms with Crippen molar-refractivity contribution < 1.29 is 12.9 Å². The van der Waals surface area contributed by atoms with Gasteiger partial charge in [-0.15, -0.1) is 17.2 Å². The molecular weight excluding hydrogens is 246 g/mol. The first-order valence-corrected chi connectivity index (χ1v) is 5.10. The van der Waals surface area contributed by atoms with Crippen molar-refractivity contribution in [1.82, 2.24) is 15.0 Å². The molecule has 0 unspecified atom stereocenters. The molecule has 18 heavy (non-hydrogen) atoms. The second kappa shape index (κ2) is 4.28. The lowest BCUT2D eigenvalue weighted by Crippen LogP contribution is -2.30. The van der Waals surface area contributed by atoms with E-state index in [1.54, 1.807) is 18.2 Å². The topological polar surface area (TPSA) is 47.8 Å². The number of fused-ring (bicyclic) bond motifs is 1. The summed E-state index contributed by atoms with van der Waals surface area (Å²) in [7, 11) is 0. The van der Waals surface area contributed by atoms with Crippen LogP contribution in [0.5, 0.6) is 0 Å². The summed E-state index contributed by atoms with van der Waals surface area (Å²) in [6, 6.07) is 6.33. The van der Waals surface area contributed by atoms with Gasteiger partial charge in [-0.3, -0.25) is 4.79 Å². The molecule has 0 saturated carbocycles. The summed E-state index contributed by atoms with van der Waals surface area (Å²) in [6.45, 7) is -2.96. The van der Waals surface area contributed by atoms with E-state index >= 15 is 0 Å². The maximum Gasteiger partial charge on any atom is 0.506 e. The number of rotatable bonds is 3. The van der Waals surface area contributed by atoms with Gasteiger partial charge < -0.3 is 12.9 Å². The first-order valence-electron chi connectivity index (χ1n) is 5.10. The summed E-state index contributed by atoms with van der Waals surface area (Å²) >= 11 is 0. The molecule has 0 fully saturated rings. The largest absolute Gasteiger partial charge is 0.506 e. The quantitative estimate of drug-likeness (QED) is 0.783. The average molecular weight is 254 g/mol. The standard InChI is InChI=1S/C10H8BF3N3O/c1-7(11(12,13)14)6-17-10(18)8-4-2-3-5-9(8)15-16-17/h2-5H,1,6H2/q-1. The Morgan fingerprint density at radius 2 is 2.00 bits per heavy atom. The van der Waals surface area contributed by atoms with Gasteiger partial charge in [0.2, 0.25) is 0 Å². The maximum absolute atomic E-state index is 12.4. The molecular formula is C10H8BF3N3O-. The molecule has 1 aromatic carbocycles. The molecule has 8 heteroatoms.